The molecule has 0 aliphatic carbocycles. The highest BCUT2D eigenvalue weighted by Gasteiger charge is 2.41. The van der Waals surface area contributed by atoms with Crippen LogP contribution in [0, 0.1) is 0 Å². The normalized spacial score (nSPS) is 11.7. The number of benzene rings is 1. The molecule has 112 valence electrons. The molecular weight excluding hydrogens is 292 g/mol. The molecule has 0 amide bonds. The standard InChI is InChI=1S/C13H10F4N2O2/c14-12(15)13(16,17)7-21-9-3-1-8(2-4-9)10-5-6-11(20)19-18-10/h1-6,12H,7H2,(H,19,20). The fourth-order valence-corrected chi connectivity index (χ4v) is 1.47. The van der Waals surface area contributed by atoms with Gasteiger partial charge in [-0.05, 0) is 30.3 Å². The number of nitrogens with one attached hydrogen (secondary N) is 1. The lowest BCUT2D eigenvalue weighted by Gasteiger charge is -2.16. The molecule has 1 N–H and O–H groups in total. The van der Waals surface area contributed by atoms with Crippen LogP contribution in [0.2, 0.25) is 0 Å². The largest absolute Gasteiger partial charge is 0.487 e. The van der Waals surface area contributed by atoms with Crippen LogP contribution in [0.4, 0.5) is 17.6 Å². The SMILES string of the molecule is O=c1ccc(-c2ccc(OCC(F)(F)C(F)F)cc2)n[nH]1. The van der Waals surface area contributed by atoms with Crippen molar-refractivity contribution in [1.82, 2.24) is 10.2 Å². The Kier molecular flexibility index (Phi) is 4.25. The number of aromatic amines is 1. The monoisotopic (exact) mass is 302 g/mol. The lowest BCUT2D eigenvalue weighted by atomic mass is 10.1. The van der Waals surface area contributed by atoms with Gasteiger partial charge in [0.1, 0.15) is 5.75 Å². The fourth-order valence-electron chi connectivity index (χ4n) is 1.47. The fraction of sp³-hybridized carbons (Fsp3) is 0.231. The van der Waals surface area contributed by atoms with Gasteiger partial charge in [-0.25, -0.2) is 13.9 Å². The molecule has 0 aliphatic heterocycles. The van der Waals surface area contributed by atoms with Crippen LogP contribution in [0.5, 0.6) is 5.75 Å². The molecule has 2 aromatic rings. The van der Waals surface area contributed by atoms with Crippen LogP contribution in [-0.2, 0) is 0 Å². The molecule has 0 saturated heterocycles. The topological polar surface area (TPSA) is 55.0 Å². The highest BCUT2D eigenvalue weighted by Crippen LogP contribution is 2.25. The minimum absolute atomic E-state index is 0.0310. The van der Waals surface area contributed by atoms with Gasteiger partial charge in [0.25, 0.3) is 5.56 Å². The van der Waals surface area contributed by atoms with E-state index in [1.807, 2.05) is 0 Å². The number of aromatic nitrogens is 2. The van der Waals surface area contributed by atoms with E-state index in [4.69, 9.17) is 0 Å². The van der Waals surface area contributed by atoms with E-state index in [0.29, 0.717) is 11.3 Å². The summed E-state index contributed by atoms with van der Waals surface area (Å²) in [6.45, 7) is -1.40. The van der Waals surface area contributed by atoms with Crippen LogP contribution >= 0.6 is 0 Å². The Morgan fingerprint density at radius 1 is 1.14 bits per heavy atom. The lowest BCUT2D eigenvalue weighted by molar-refractivity contribution is -0.148. The first-order valence-corrected chi connectivity index (χ1v) is 5.83. The third-order valence-electron chi connectivity index (χ3n) is 2.58. The third kappa shape index (κ3) is 3.80. The predicted molar refractivity (Wildman–Crippen MR) is 66.7 cm³/mol. The first kappa shape index (κ1) is 15.0. The summed E-state index contributed by atoms with van der Waals surface area (Å²) in [6.07, 6.45) is -3.78. The summed E-state index contributed by atoms with van der Waals surface area (Å²) < 4.78 is 54.0. The molecule has 0 fully saturated rings. The van der Waals surface area contributed by atoms with Crippen molar-refractivity contribution < 1.29 is 22.3 Å². The molecule has 0 radical (unpaired) electrons. The Hall–Kier alpha value is -2.38. The molecule has 1 aromatic carbocycles. The number of hydrogen-bond donors (Lipinski definition) is 1. The van der Waals surface area contributed by atoms with E-state index in [1.54, 1.807) is 0 Å². The smallest absolute Gasteiger partial charge is 0.340 e. The molecule has 4 nitrogen and oxygen atoms in total. The molecule has 0 saturated carbocycles. The summed E-state index contributed by atoms with van der Waals surface area (Å²) in [5.74, 6) is -4.16. The highest BCUT2D eigenvalue weighted by atomic mass is 19.3. The molecule has 1 heterocycles. The van der Waals surface area contributed by atoms with E-state index in [2.05, 4.69) is 14.9 Å². The maximum atomic E-state index is 12.7. The number of nitrogens with zero attached hydrogens (tertiary/aromatic N) is 1. The molecule has 8 heteroatoms. The molecule has 0 unspecified atom stereocenters. The summed E-state index contributed by atoms with van der Waals surface area (Å²) in [6, 6.07) is 8.50. The van der Waals surface area contributed by atoms with E-state index in [9.17, 15) is 22.4 Å². The van der Waals surface area contributed by atoms with E-state index in [-0.39, 0.29) is 11.3 Å². The molecule has 21 heavy (non-hydrogen) atoms. The Bertz CT molecular complexity index is 635. The van der Waals surface area contributed by atoms with Gasteiger partial charge in [-0.15, -0.1) is 0 Å². The van der Waals surface area contributed by atoms with Crippen molar-refractivity contribution in [1.29, 1.82) is 0 Å². The summed E-state index contributed by atoms with van der Waals surface area (Å²) in [7, 11) is 0. The first-order chi connectivity index (χ1) is 9.88. The highest BCUT2D eigenvalue weighted by molar-refractivity contribution is 5.59. The molecule has 1 aromatic heterocycles. The van der Waals surface area contributed by atoms with Gasteiger partial charge >= 0.3 is 12.3 Å². The van der Waals surface area contributed by atoms with Crippen molar-refractivity contribution in [3.63, 3.8) is 0 Å². The van der Waals surface area contributed by atoms with Gasteiger partial charge in [0.15, 0.2) is 6.61 Å². The Balaban J connectivity index is 2.06. The predicted octanol–water partition coefficient (Wildman–Crippen LogP) is 2.72. The van der Waals surface area contributed by atoms with E-state index in [0.717, 1.165) is 0 Å². The number of rotatable bonds is 5. The molecule has 0 aliphatic rings. The van der Waals surface area contributed by atoms with E-state index < -0.39 is 19.0 Å². The van der Waals surface area contributed by atoms with Crippen LogP contribution < -0.4 is 10.3 Å². The lowest BCUT2D eigenvalue weighted by Crippen LogP contribution is -2.33. The zero-order chi connectivity index (χ0) is 15.5. The van der Waals surface area contributed by atoms with Gasteiger partial charge in [0.2, 0.25) is 0 Å². The second-order valence-electron chi connectivity index (χ2n) is 4.18. The van der Waals surface area contributed by atoms with Crippen molar-refractivity contribution in [3.05, 3.63) is 46.8 Å². The van der Waals surface area contributed by atoms with Crippen LogP contribution in [0.3, 0.4) is 0 Å². The van der Waals surface area contributed by atoms with Gasteiger partial charge in [-0.3, -0.25) is 4.79 Å². The van der Waals surface area contributed by atoms with Crippen molar-refractivity contribution in [2.45, 2.75) is 12.3 Å². The number of alkyl halides is 4. The molecule has 2 rings (SSSR count). The van der Waals surface area contributed by atoms with Gasteiger partial charge in [0.05, 0.1) is 5.69 Å². The minimum Gasteiger partial charge on any atom is -0.487 e. The van der Waals surface area contributed by atoms with Gasteiger partial charge in [0, 0.05) is 11.6 Å². The zero-order valence-electron chi connectivity index (χ0n) is 10.5. The number of hydrogen-bond acceptors (Lipinski definition) is 3. The summed E-state index contributed by atoms with van der Waals surface area (Å²) >= 11 is 0. The van der Waals surface area contributed by atoms with Gasteiger partial charge in [-0.2, -0.15) is 13.9 Å². The van der Waals surface area contributed by atoms with Crippen molar-refractivity contribution in [3.8, 4) is 17.0 Å². The van der Waals surface area contributed by atoms with Crippen molar-refractivity contribution in [2.24, 2.45) is 0 Å². The minimum atomic E-state index is -4.20. The van der Waals surface area contributed by atoms with E-state index in [1.165, 1.54) is 36.4 Å². The summed E-state index contributed by atoms with van der Waals surface area (Å²) in [4.78, 5) is 10.9. The van der Waals surface area contributed by atoms with Crippen LogP contribution in [0.1, 0.15) is 0 Å². The number of ether oxygens (including phenoxy) is 1. The van der Waals surface area contributed by atoms with Crippen LogP contribution in [0.15, 0.2) is 41.2 Å². The van der Waals surface area contributed by atoms with Gasteiger partial charge in [-0.1, -0.05) is 0 Å². The zero-order valence-corrected chi connectivity index (χ0v) is 10.5. The second-order valence-corrected chi connectivity index (χ2v) is 4.18. The van der Waals surface area contributed by atoms with Gasteiger partial charge < -0.3 is 4.74 Å². The Morgan fingerprint density at radius 2 is 1.81 bits per heavy atom. The average Bonchev–Trinajstić information content (AvgIpc) is 2.46. The van der Waals surface area contributed by atoms with Crippen molar-refractivity contribution >= 4 is 0 Å². The van der Waals surface area contributed by atoms with Crippen molar-refractivity contribution in [2.75, 3.05) is 6.61 Å². The summed E-state index contributed by atoms with van der Waals surface area (Å²) in [5.41, 5.74) is 0.728. The van der Waals surface area contributed by atoms with Crippen LogP contribution in [0.25, 0.3) is 11.3 Å². The molecule has 0 spiro atoms. The Morgan fingerprint density at radius 3 is 2.33 bits per heavy atom. The number of halogens is 4. The molecular formula is C13H10F4N2O2. The summed E-state index contributed by atoms with van der Waals surface area (Å²) in [5, 5.41) is 6.04. The van der Waals surface area contributed by atoms with E-state index >= 15 is 0 Å². The Labute approximate surface area is 116 Å². The maximum Gasteiger partial charge on any atom is 0.340 e. The quantitative estimate of drug-likeness (QED) is 0.864. The second kappa shape index (κ2) is 5.94. The first-order valence-electron chi connectivity index (χ1n) is 5.83. The maximum absolute atomic E-state index is 12.7. The number of H-pyrrole nitrogens is 1. The average molecular weight is 302 g/mol. The van der Waals surface area contributed by atoms with Crippen LogP contribution in [-0.4, -0.2) is 29.2 Å². The third-order valence-corrected chi connectivity index (χ3v) is 2.58. The molecule has 0 bridgehead atoms. The molecule has 0 atom stereocenters.